The summed E-state index contributed by atoms with van der Waals surface area (Å²) >= 11 is 11.9. The molecular weight excluding hydrogens is 295 g/mol. The number of carbonyl (C=O) groups is 1. The van der Waals surface area contributed by atoms with Gasteiger partial charge in [-0.25, -0.2) is 0 Å². The molecule has 0 spiro atoms. The maximum Gasteiger partial charge on any atom is 0.225 e. The fourth-order valence-corrected chi connectivity index (χ4v) is 2.33. The normalized spacial score (nSPS) is 12.6. The number of nitrogens with two attached hydrogens (primary N) is 1. The van der Waals surface area contributed by atoms with Gasteiger partial charge in [0.1, 0.15) is 0 Å². The van der Waals surface area contributed by atoms with Gasteiger partial charge >= 0.3 is 0 Å². The highest BCUT2D eigenvalue weighted by molar-refractivity contribution is 6.42. The van der Waals surface area contributed by atoms with Crippen LogP contribution in [0.2, 0.25) is 10.0 Å². The standard InChI is InChI=1S/C15H22Cl2N2O/c1-10(2)19(15(20)11(3)6-7-18)9-12-4-5-13(16)14(17)8-12/h4-5,8,10-11H,6-7,9,18H2,1-3H3. The van der Waals surface area contributed by atoms with Gasteiger partial charge in [-0.15, -0.1) is 0 Å². The van der Waals surface area contributed by atoms with Gasteiger partial charge in [0.05, 0.1) is 10.0 Å². The smallest absolute Gasteiger partial charge is 0.225 e. The summed E-state index contributed by atoms with van der Waals surface area (Å²) in [5, 5.41) is 1.03. The molecule has 0 heterocycles. The van der Waals surface area contributed by atoms with Gasteiger partial charge in [-0.1, -0.05) is 36.2 Å². The minimum absolute atomic E-state index is 0.0647. The third kappa shape index (κ3) is 4.65. The molecule has 0 bridgehead atoms. The molecule has 2 N–H and O–H groups in total. The first-order valence-corrected chi connectivity index (χ1v) is 7.56. The minimum Gasteiger partial charge on any atom is -0.336 e. The Morgan fingerprint density at radius 1 is 1.25 bits per heavy atom. The summed E-state index contributed by atoms with van der Waals surface area (Å²) < 4.78 is 0. The fourth-order valence-electron chi connectivity index (χ4n) is 2.01. The van der Waals surface area contributed by atoms with E-state index < -0.39 is 0 Å². The van der Waals surface area contributed by atoms with Crippen molar-refractivity contribution in [2.45, 2.75) is 39.8 Å². The van der Waals surface area contributed by atoms with E-state index in [1.165, 1.54) is 0 Å². The monoisotopic (exact) mass is 316 g/mol. The average molecular weight is 317 g/mol. The molecule has 0 aliphatic heterocycles. The number of rotatable bonds is 6. The molecule has 3 nitrogen and oxygen atoms in total. The predicted molar refractivity (Wildman–Crippen MR) is 85.0 cm³/mol. The predicted octanol–water partition coefficient (Wildman–Crippen LogP) is 3.72. The van der Waals surface area contributed by atoms with Crippen LogP contribution in [-0.2, 0) is 11.3 Å². The molecule has 0 aliphatic carbocycles. The molecule has 1 aromatic carbocycles. The summed E-state index contributed by atoms with van der Waals surface area (Å²) in [4.78, 5) is 14.3. The van der Waals surface area contributed by atoms with Crippen molar-refractivity contribution in [2.75, 3.05) is 6.54 Å². The molecule has 0 aliphatic rings. The van der Waals surface area contributed by atoms with Gasteiger partial charge in [-0.05, 0) is 44.5 Å². The summed E-state index contributed by atoms with van der Waals surface area (Å²) in [5.41, 5.74) is 6.50. The molecular formula is C15H22Cl2N2O. The fraction of sp³-hybridized carbons (Fsp3) is 0.533. The Kier molecular flexibility index (Phi) is 6.80. The zero-order chi connectivity index (χ0) is 15.3. The summed E-state index contributed by atoms with van der Waals surface area (Å²) in [5.74, 6) is 0.0571. The van der Waals surface area contributed by atoms with Crippen molar-refractivity contribution in [3.63, 3.8) is 0 Å². The van der Waals surface area contributed by atoms with Gasteiger partial charge in [0.2, 0.25) is 5.91 Å². The third-order valence-corrected chi connectivity index (χ3v) is 4.00. The van der Waals surface area contributed by atoms with Crippen LogP contribution in [-0.4, -0.2) is 23.4 Å². The molecule has 1 amide bonds. The molecule has 5 heteroatoms. The summed E-state index contributed by atoms with van der Waals surface area (Å²) in [6.07, 6.45) is 0.698. The number of carbonyl (C=O) groups excluding carboxylic acids is 1. The van der Waals surface area contributed by atoms with E-state index in [2.05, 4.69) is 0 Å². The van der Waals surface area contributed by atoms with Gasteiger partial charge in [0.25, 0.3) is 0 Å². The van der Waals surface area contributed by atoms with E-state index in [4.69, 9.17) is 28.9 Å². The first-order valence-electron chi connectivity index (χ1n) is 6.81. The zero-order valence-corrected chi connectivity index (χ0v) is 13.7. The summed E-state index contributed by atoms with van der Waals surface area (Å²) in [6, 6.07) is 5.58. The van der Waals surface area contributed by atoms with E-state index in [0.29, 0.717) is 29.6 Å². The van der Waals surface area contributed by atoms with Crippen LogP contribution in [0.15, 0.2) is 18.2 Å². The Balaban J connectivity index is 2.86. The number of amides is 1. The van der Waals surface area contributed by atoms with Crippen molar-refractivity contribution < 1.29 is 4.79 Å². The molecule has 0 aromatic heterocycles. The number of hydrogen-bond acceptors (Lipinski definition) is 2. The molecule has 1 rings (SSSR count). The van der Waals surface area contributed by atoms with Gasteiger partial charge < -0.3 is 10.6 Å². The van der Waals surface area contributed by atoms with Crippen molar-refractivity contribution in [1.29, 1.82) is 0 Å². The Hall–Kier alpha value is -0.770. The quantitative estimate of drug-likeness (QED) is 0.869. The van der Waals surface area contributed by atoms with Crippen LogP contribution in [0, 0.1) is 5.92 Å². The van der Waals surface area contributed by atoms with Crippen LogP contribution < -0.4 is 5.73 Å². The van der Waals surface area contributed by atoms with E-state index in [0.717, 1.165) is 5.56 Å². The van der Waals surface area contributed by atoms with Gasteiger partial charge in [-0.3, -0.25) is 4.79 Å². The second-order valence-corrected chi connectivity index (χ2v) is 6.10. The highest BCUT2D eigenvalue weighted by atomic mass is 35.5. The first kappa shape index (κ1) is 17.3. The molecule has 0 saturated carbocycles. The molecule has 0 radical (unpaired) electrons. The van der Waals surface area contributed by atoms with Crippen molar-refractivity contribution in [3.8, 4) is 0 Å². The van der Waals surface area contributed by atoms with E-state index >= 15 is 0 Å². The van der Waals surface area contributed by atoms with Gasteiger partial charge in [0, 0.05) is 18.5 Å². The molecule has 20 heavy (non-hydrogen) atoms. The van der Waals surface area contributed by atoms with Gasteiger partial charge in [-0.2, -0.15) is 0 Å². The van der Waals surface area contributed by atoms with Crippen molar-refractivity contribution in [2.24, 2.45) is 11.7 Å². The lowest BCUT2D eigenvalue weighted by Gasteiger charge is -2.29. The van der Waals surface area contributed by atoms with Crippen LogP contribution in [0.25, 0.3) is 0 Å². The molecule has 1 aromatic rings. The van der Waals surface area contributed by atoms with Gasteiger partial charge in [0.15, 0.2) is 0 Å². The van der Waals surface area contributed by atoms with Crippen molar-refractivity contribution in [1.82, 2.24) is 4.90 Å². The van der Waals surface area contributed by atoms with E-state index in [1.807, 2.05) is 31.7 Å². The SMILES string of the molecule is CC(CCN)C(=O)N(Cc1ccc(Cl)c(Cl)c1)C(C)C. The Morgan fingerprint density at radius 3 is 2.40 bits per heavy atom. The van der Waals surface area contributed by atoms with E-state index in [1.54, 1.807) is 12.1 Å². The third-order valence-electron chi connectivity index (χ3n) is 3.26. The van der Waals surface area contributed by atoms with Crippen LogP contribution in [0.3, 0.4) is 0 Å². The number of nitrogens with zero attached hydrogens (tertiary/aromatic N) is 1. The molecule has 0 fully saturated rings. The Bertz CT molecular complexity index is 463. The maximum atomic E-state index is 12.4. The number of hydrogen-bond donors (Lipinski definition) is 1. The second-order valence-electron chi connectivity index (χ2n) is 5.29. The first-order chi connectivity index (χ1) is 9.36. The highest BCUT2D eigenvalue weighted by Crippen LogP contribution is 2.24. The molecule has 0 saturated heterocycles. The number of halogens is 2. The topological polar surface area (TPSA) is 46.3 Å². The van der Waals surface area contributed by atoms with Crippen LogP contribution >= 0.6 is 23.2 Å². The summed E-state index contributed by atoms with van der Waals surface area (Å²) in [6.45, 7) is 6.97. The Labute approximate surface area is 131 Å². The second kappa shape index (κ2) is 7.87. The van der Waals surface area contributed by atoms with Crippen molar-refractivity contribution in [3.05, 3.63) is 33.8 Å². The van der Waals surface area contributed by atoms with Crippen LogP contribution in [0.5, 0.6) is 0 Å². The highest BCUT2D eigenvalue weighted by Gasteiger charge is 2.22. The maximum absolute atomic E-state index is 12.4. The van der Waals surface area contributed by atoms with E-state index in [9.17, 15) is 4.79 Å². The lowest BCUT2D eigenvalue weighted by Crippen LogP contribution is -2.40. The lowest BCUT2D eigenvalue weighted by molar-refractivity contribution is -0.137. The van der Waals surface area contributed by atoms with Crippen LogP contribution in [0.4, 0.5) is 0 Å². The van der Waals surface area contributed by atoms with Crippen LogP contribution in [0.1, 0.15) is 32.8 Å². The minimum atomic E-state index is -0.0647. The summed E-state index contributed by atoms with van der Waals surface area (Å²) in [7, 11) is 0. The Morgan fingerprint density at radius 2 is 1.90 bits per heavy atom. The van der Waals surface area contributed by atoms with Crippen molar-refractivity contribution >= 4 is 29.1 Å². The van der Waals surface area contributed by atoms with E-state index in [-0.39, 0.29) is 17.9 Å². The average Bonchev–Trinajstić information content (AvgIpc) is 2.39. The number of benzene rings is 1. The molecule has 1 atom stereocenters. The zero-order valence-electron chi connectivity index (χ0n) is 12.2. The lowest BCUT2D eigenvalue weighted by atomic mass is 10.0. The molecule has 112 valence electrons. The largest absolute Gasteiger partial charge is 0.336 e. The molecule has 1 unspecified atom stereocenters.